The van der Waals surface area contributed by atoms with Crippen LogP contribution in [0.2, 0.25) is 0 Å². The summed E-state index contributed by atoms with van der Waals surface area (Å²) in [5.74, 6) is 1.66. The van der Waals surface area contributed by atoms with Gasteiger partial charge in [-0.3, -0.25) is 4.79 Å². The minimum absolute atomic E-state index is 0. The Morgan fingerprint density at radius 2 is 2.03 bits per heavy atom. The molecule has 5 atom stereocenters. The fourth-order valence-electron chi connectivity index (χ4n) is 6.23. The van der Waals surface area contributed by atoms with E-state index in [9.17, 15) is 9.90 Å². The van der Waals surface area contributed by atoms with Gasteiger partial charge in [-0.2, -0.15) is 0 Å². The quantitative estimate of drug-likeness (QED) is 0.517. The van der Waals surface area contributed by atoms with Gasteiger partial charge >= 0.3 is 0 Å². The topological polar surface area (TPSA) is 75.3 Å². The number of rotatable bonds is 5. The third-order valence-electron chi connectivity index (χ3n) is 7.72. The van der Waals surface area contributed by atoms with Crippen molar-refractivity contribution in [2.45, 2.75) is 92.6 Å². The summed E-state index contributed by atoms with van der Waals surface area (Å²) >= 11 is 0. The molecule has 0 aromatic carbocycles. The summed E-state index contributed by atoms with van der Waals surface area (Å²) in [5, 5.41) is 12.7. The Morgan fingerprint density at radius 3 is 2.73 bits per heavy atom. The van der Waals surface area contributed by atoms with Gasteiger partial charge in [-0.15, -0.1) is 0 Å². The molecule has 30 heavy (non-hydrogen) atoms. The van der Waals surface area contributed by atoms with E-state index in [1.807, 2.05) is 0 Å². The van der Waals surface area contributed by atoms with Crippen LogP contribution < -0.4 is 11.1 Å². The van der Waals surface area contributed by atoms with Gasteiger partial charge in [0.05, 0.1) is 12.8 Å². The molecule has 0 spiro atoms. The van der Waals surface area contributed by atoms with E-state index in [1.54, 1.807) is 5.57 Å². The average molecular weight is 419 g/mol. The van der Waals surface area contributed by atoms with E-state index in [-0.39, 0.29) is 38.9 Å². The van der Waals surface area contributed by atoms with Crippen molar-refractivity contribution < 1.29 is 9.90 Å². The van der Waals surface area contributed by atoms with E-state index in [4.69, 9.17) is 5.73 Å². The fourth-order valence-corrected chi connectivity index (χ4v) is 6.23. The molecule has 3 fully saturated rings. The highest BCUT2D eigenvalue weighted by atomic mass is 16.3. The predicted octanol–water partition coefficient (Wildman–Crippen LogP) is 5.49. The maximum atomic E-state index is 12.0. The lowest BCUT2D eigenvalue weighted by Gasteiger charge is -2.44. The van der Waals surface area contributed by atoms with E-state index in [1.165, 1.54) is 43.3 Å². The van der Waals surface area contributed by atoms with E-state index in [0.29, 0.717) is 24.2 Å². The van der Waals surface area contributed by atoms with Gasteiger partial charge in [0.25, 0.3) is 0 Å². The Labute approximate surface area is 185 Å². The highest BCUT2D eigenvalue weighted by molar-refractivity contribution is 5.76. The molecule has 3 aliphatic rings. The molecule has 0 bridgehead atoms. The Hall–Kier alpha value is -1.39. The molecule has 3 unspecified atom stereocenters. The lowest BCUT2D eigenvalue weighted by molar-refractivity contribution is -0.122. The highest BCUT2D eigenvalue weighted by Gasteiger charge is 2.50. The van der Waals surface area contributed by atoms with Crippen molar-refractivity contribution in [3.05, 3.63) is 35.5 Å². The van der Waals surface area contributed by atoms with Gasteiger partial charge in [-0.25, -0.2) is 0 Å². The van der Waals surface area contributed by atoms with Crippen LogP contribution in [0.5, 0.6) is 0 Å². The van der Waals surface area contributed by atoms with Gasteiger partial charge in [0.15, 0.2) is 0 Å². The monoisotopic (exact) mass is 418 g/mol. The Bertz CT molecular complexity index is 666. The van der Waals surface area contributed by atoms with Crippen molar-refractivity contribution in [1.29, 1.82) is 0 Å². The zero-order valence-electron chi connectivity index (χ0n) is 17.7. The summed E-state index contributed by atoms with van der Waals surface area (Å²) < 4.78 is 0. The normalized spacial score (nSPS) is 34.7. The van der Waals surface area contributed by atoms with Crippen molar-refractivity contribution in [3.8, 4) is 0 Å². The van der Waals surface area contributed by atoms with Crippen molar-refractivity contribution >= 4 is 5.91 Å². The number of hydrogen-bond donors (Lipinski definition) is 3. The number of aliphatic hydroxyl groups is 1. The largest absolute Gasteiger partial charge is 0.393 e. The van der Waals surface area contributed by atoms with Crippen molar-refractivity contribution in [2.75, 3.05) is 6.67 Å². The maximum Gasteiger partial charge on any atom is 0.221 e. The molecule has 0 aromatic rings. The van der Waals surface area contributed by atoms with Gasteiger partial charge in [0.2, 0.25) is 5.91 Å². The van der Waals surface area contributed by atoms with Crippen LogP contribution in [-0.2, 0) is 4.79 Å². The molecule has 0 aliphatic heterocycles. The second-order valence-electron chi connectivity index (χ2n) is 9.51. The first-order valence-corrected chi connectivity index (χ1v) is 11.1. The minimum atomic E-state index is -0.219. The molecule has 0 saturated heterocycles. The summed E-state index contributed by atoms with van der Waals surface area (Å²) in [5.41, 5.74) is 9.71. The van der Waals surface area contributed by atoms with Crippen LogP contribution in [-0.4, -0.2) is 23.8 Å². The second-order valence-corrected chi connectivity index (χ2v) is 9.51. The number of nitrogens with two attached hydrogens (primary N) is 1. The SMILES string of the molecule is C.C.C=C1CCC(O)C/C1=C/C=C1\CCC[C@@]2(C)C1CCC2[C@H](C)CC(=O)NCN. The molecule has 3 aliphatic carbocycles. The molecule has 3 saturated carbocycles. The molecule has 4 nitrogen and oxygen atoms in total. The minimum Gasteiger partial charge on any atom is -0.393 e. The van der Waals surface area contributed by atoms with E-state index < -0.39 is 0 Å². The number of nitrogens with one attached hydrogen (secondary N) is 1. The number of aliphatic hydroxyl groups excluding tert-OH is 1. The lowest BCUT2D eigenvalue weighted by atomic mass is 9.61. The summed E-state index contributed by atoms with van der Waals surface area (Å²) in [7, 11) is 0. The highest BCUT2D eigenvalue weighted by Crippen LogP contribution is 2.59. The lowest BCUT2D eigenvalue weighted by Crippen LogP contribution is -2.38. The van der Waals surface area contributed by atoms with Crippen LogP contribution in [0.15, 0.2) is 35.5 Å². The van der Waals surface area contributed by atoms with Gasteiger partial charge in [-0.05, 0) is 80.1 Å². The number of fused-ring (bicyclic) bond motifs is 1. The molecule has 1 amide bonds. The smallest absolute Gasteiger partial charge is 0.221 e. The van der Waals surface area contributed by atoms with Crippen molar-refractivity contribution in [1.82, 2.24) is 5.32 Å². The molecule has 4 heteroatoms. The Balaban J connectivity index is 0.00000225. The van der Waals surface area contributed by atoms with Crippen LogP contribution in [0.3, 0.4) is 0 Å². The number of amides is 1. The maximum absolute atomic E-state index is 12.0. The van der Waals surface area contributed by atoms with Crippen molar-refractivity contribution in [2.24, 2.45) is 28.9 Å². The van der Waals surface area contributed by atoms with Gasteiger partial charge < -0.3 is 16.2 Å². The fraction of sp³-hybridized carbons (Fsp3) is 0.731. The van der Waals surface area contributed by atoms with Crippen LogP contribution >= 0.6 is 0 Å². The van der Waals surface area contributed by atoms with Gasteiger partial charge in [0, 0.05) is 6.42 Å². The summed E-state index contributed by atoms with van der Waals surface area (Å²) in [4.78, 5) is 12.0. The zero-order chi connectivity index (χ0) is 20.3. The van der Waals surface area contributed by atoms with Crippen LogP contribution in [0.25, 0.3) is 0 Å². The Kier molecular flexibility index (Phi) is 10.0. The number of carbonyl (C=O) groups is 1. The number of hydrogen-bond acceptors (Lipinski definition) is 3. The first-order chi connectivity index (χ1) is 13.3. The predicted molar refractivity (Wildman–Crippen MR) is 128 cm³/mol. The first-order valence-electron chi connectivity index (χ1n) is 11.1. The van der Waals surface area contributed by atoms with Gasteiger partial charge in [0.1, 0.15) is 0 Å². The van der Waals surface area contributed by atoms with E-state index in [2.05, 4.69) is 37.9 Å². The van der Waals surface area contributed by atoms with E-state index >= 15 is 0 Å². The number of allylic oxidation sites excluding steroid dienone is 4. The molecular formula is C26H46N2O2. The molecule has 0 heterocycles. The molecule has 3 rings (SSSR count). The zero-order valence-corrected chi connectivity index (χ0v) is 17.7. The molecule has 4 N–H and O–H groups in total. The molecule has 0 radical (unpaired) electrons. The molecule has 0 aromatic heterocycles. The third kappa shape index (κ3) is 5.64. The van der Waals surface area contributed by atoms with Crippen molar-refractivity contribution in [3.63, 3.8) is 0 Å². The molecule has 172 valence electrons. The summed E-state index contributed by atoms with van der Waals surface area (Å²) in [6.07, 6.45) is 13.5. The summed E-state index contributed by atoms with van der Waals surface area (Å²) in [6, 6.07) is 0. The van der Waals surface area contributed by atoms with Crippen LogP contribution in [0, 0.1) is 23.2 Å². The first kappa shape index (κ1) is 26.6. The Morgan fingerprint density at radius 1 is 1.30 bits per heavy atom. The molecular weight excluding hydrogens is 372 g/mol. The van der Waals surface area contributed by atoms with E-state index in [0.717, 1.165) is 19.3 Å². The second kappa shape index (κ2) is 11.3. The average Bonchev–Trinajstić information content (AvgIpc) is 3.00. The van der Waals surface area contributed by atoms with Crippen LogP contribution in [0.1, 0.15) is 86.5 Å². The number of carbonyl (C=O) groups excluding carboxylic acids is 1. The third-order valence-corrected chi connectivity index (χ3v) is 7.72. The van der Waals surface area contributed by atoms with Crippen LogP contribution in [0.4, 0.5) is 0 Å². The summed E-state index contributed by atoms with van der Waals surface area (Å²) in [6.45, 7) is 9.11. The van der Waals surface area contributed by atoms with Gasteiger partial charge in [-0.1, -0.05) is 58.6 Å². The standard InChI is InChI=1S/C24H38N2O2.2CH4/c1-16-6-9-20(27)14-19(16)8-7-18-5-4-12-24(3)21(10-11-22(18)24)17(2)13-23(28)26-15-25;;/h7-8,17,20-22,27H,1,4-6,9-15,25H2,2-3H3,(H,26,28);2*1H4/b18-7+,19-8-;;/t17-,20?,21?,22?,24-;;/m1../s1.